The zero-order chi connectivity index (χ0) is 12.6. The van der Waals surface area contributed by atoms with E-state index in [-0.39, 0.29) is 0 Å². The van der Waals surface area contributed by atoms with Gasteiger partial charge in [0.05, 0.1) is 0 Å². The summed E-state index contributed by atoms with van der Waals surface area (Å²) in [5.74, 6) is 0.878. The summed E-state index contributed by atoms with van der Waals surface area (Å²) in [6.45, 7) is 14.0. The van der Waals surface area contributed by atoms with Gasteiger partial charge in [0.1, 0.15) is 0 Å². The molecule has 0 bridgehead atoms. The Balaban J connectivity index is 3.31. The molecule has 0 amide bonds. The fourth-order valence-corrected chi connectivity index (χ4v) is 2.18. The van der Waals surface area contributed by atoms with Gasteiger partial charge in [-0.1, -0.05) is 60.3 Å². The van der Waals surface area contributed by atoms with E-state index in [0.29, 0.717) is 5.41 Å². The van der Waals surface area contributed by atoms with Gasteiger partial charge in [0, 0.05) is 6.54 Å². The molecular formula is C15H33N. The van der Waals surface area contributed by atoms with Crippen molar-refractivity contribution in [1.29, 1.82) is 0 Å². The SMILES string of the molecule is CC(C)CCCCCCN(C)CC(C)(C)C. The fraction of sp³-hybridized carbons (Fsp3) is 1.00. The molecule has 0 aliphatic heterocycles. The molecule has 0 aromatic carbocycles. The minimum absolute atomic E-state index is 0.437. The molecule has 0 N–H and O–H groups in total. The third-order valence-corrected chi connectivity index (χ3v) is 2.82. The third kappa shape index (κ3) is 12.0. The topological polar surface area (TPSA) is 3.24 Å². The number of hydrogen-bond acceptors (Lipinski definition) is 1. The Kier molecular flexibility index (Phi) is 8.09. The maximum absolute atomic E-state index is 2.47. The van der Waals surface area contributed by atoms with E-state index in [1.54, 1.807) is 0 Å². The van der Waals surface area contributed by atoms with Gasteiger partial charge in [-0.3, -0.25) is 0 Å². The van der Waals surface area contributed by atoms with Crippen molar-refractivity contribution in [3.05, 3.63) is 0 Å². The van der Waals surface area contributed by atoms with Crippen LogP contribution in [0.2, 0.25) is 0 Å². The first-order chi connectivity index (χ1) is 7.31. The standard InChI is InChI=1S/C15H33N/c1-14(2)11-9-7-8-10-12-16(6)13-15(3,4)5/h14H,7-13H2,1-6H3. The first kappa shape index (κ1) is 16.0. The lowest BCUT2D eigenvalue weighted by Crippen LogP contribution is -2.30. The van der Waals surface area contributed by atoms with Gasteiger partial charge >= 0.3 is 0 Å². The second kappa shape index (κ2) is 8.11. The maximum atomic E-state index is 2.47. The van der Waals surface area contributed by atoms with Gasteiger partial charge in [-0.15, -0.1) is 0 Å². The summed E-state index contributed by atoms with van der Waals surface area (Å²) in [6, 6.07) is 0. The summed E-state index contributed by atoms with van der Waals surface area (Å²) < 4.78 is 0. The van der Waals surface area contributed by atoms with Gasteiger partial charge in [-0.05, 0) is 31.3 Å². The molecule has 0 heterocycles. The van der Waals surface area contributed by atoms with E-state index < -0.39 is 0 Å². The van der Waals surface area contributed by atoms with Crippen LogP contribution in [0, 0.1) is 11.3 Å². The van der Waals surface area contributed by atoms with E-state index in [1.807, 2.05) is 0 Å². The molecule has 0 unspecified atom stereocenters. The Labute approximate surface area is 104 Å². The molecule has 0 fully saturated rings. The zero-order valence-electron chi connectivity index (χ0n) is 12.5. The zero-order valence-corrected chi connectivity index (χ0v) is 12.5. The average Bonchev–Trinajstić information content (AvgIpc) is 2.07. The molecule has 0 radical (unpaired) electrons. The number of hydrogen-bond donors (Lipinski definition) is 0. The Morgan fingerprint density at radius 3 is 2.00 bits per heavy atom. The predicted octanol–water partition coefficient (Wildman–Crippen LogP) is 4.57. The van der Waals surface area contributed by atoms with Crippen molar-refractivity contribution in [2.75, 3.05) is 20.1 Å². The molecule has 0 aliphatic rings. The Morgan fingerprint density at radius 1 is 0.938 bits per heavy atom. The highest BCUT2D eigenvalue weighted by molar-refractivity contribution is 4.66. The highest BCUT2D eigenvalue weighted by Crippen LogP contribution is 2.15. The smallest absolute Gasteiger partial charge is 0.00270 e. The van der Waals surface area contributed by atoms with E-state index in [0.717, 1.165) is 5.92 Å². The summed E-state index contributed by atoms with van der Waals surface area (Å²) in [6.07, 6.45) is 7.01. The largest absolute Gasteiger partial charge is 0.306 e. The van der Waals surface area contributed by atoms with Gasteiger partial charge in [0.2, 0.25) is 0 Å². The van der Waals surface area contributed by atoms with Crippen LogP contribution in [0.1, 0.15) is 66.7 Å². The van der Waals surface area contributed by atoms with E-state index >= 15 is 0 Å². The first-order valence-corrected chi connectivity index (χ1v) is 7.00. The lowest BCUT2D eigenvalue weighted by molar-refractivity contribution is 0.223. The van der Waals surface area contributed by atoms with E-state index in [1.165, 1.54) is 45.2 Å². The molecule has 0 saturated carbocycles. The lowest BCUT2D eigenvalue weighted by atomic mass is 9.96. The van der Waals surface area contributed by atoms with E-state index in [4.69, 9.17) is 0 Å². The van der Waals surface area contributed by atoms with Crippen molar-refractivity contribution in [1.82, 2.24) is 4.90 Å². The number of rotatable bonds is 8. The quantitative estimate of drug-likeness (QED) is 0.549. The number of nitrogens with zero attached hydrogens (tertiary/aromatic N) is 1. The monoisotopic (exact) mass is 227 g/mol. The van der Waals surface area contributed by atoms with Crippen LogP contribution in [0.15, 0.2) is 0 Å². The molecule has 0 spiro atoms. The van der Waals surface area contributed by atoms with Crippen LogP contribution in [0.25, 0.3) is 0 Å². The second-order valence-corrected chi connectivity index (χ2v) is 6.90. The Morgan fingerprint density at radius 2 is 1.50 bits per heavy atom. The van der Waals surface area contributed by atoms with Gasteiger partial charge in [0.25, 0.3) is 0 Å². The lowest BCUT2D eigenvalue weighted by Gasteiger charge is -2.26. The van der Waals surface area contributed by atoms with Crippen LogP contribution in [0.4, 0.5) is 0 Å². The summed E-state index contributed by atoms with van der Waals surface area (Å²) >= 11 is 0. The highest BCUT2D eigenvalue weighted by Gasteiger charge is 2.12. The van der Waals surface area contributed by atoms with Gasteiger partial charge in [-0.2, -0.15) is 0 Å². The van der Waals surface area contributed by atoms with Crippen LogP contribution in [-0.2, 0) is 0 Å². The predicted molar refractivity (Wildman–Crippen MR) is 74.9 cm³/mol. The van der Waals surface area contributed by atoms with Crippen molar-refractivity contribution in [3.8, 4) is 0 Å². The summed E-state index contributed by atoms with van der Waals surface area (Å²) in [7, 11) is 2.25. The second-order valence-electron chi connectivity index (χ2n) is 6.90. The van der Waals surface area contributed by atoms with Crippen molar-refractivity contribution < 1.29 is 0 Å². The Bertz CT molecular complexity index is 155. The van der Waals surface area contributed by atoms with Crippen LogP contribution < -0.4 is 0 Å². The molecule has 0 rings (SSSR count). The third-order valence-electron chi connectivity index (χ3n) is 2.82. The van der Waals surface area contributed by atoms with Crippen LogP contribution >= 0.6 is 0 Å². The van der Waals surface area contributed by atoms with Crippen molar-refractivity contribution in [3.63, 3.8) is 0 Å². The maximum Gasteiger partial charge on any atom is 0.00270 e. The van der Waals surface area contributed by atoms with E-state index in [9.17, 15) is 0 Å². The van der Waals surface area contributed by atoms with Crippen LogP contribution in [0.3, 0.4) is 0 Å². The summed E-state index contributed by atoms with van der Waals surface area (Å²) in [4.78, 5) is 2.47. The molecule has 0 atom stereocenters. The van der Waals surface area contributed by atoms with Crippen molar-refractivity contribution in [2.45, 2.75) is 66.7 Å². The van der Waals surface area contributed by atoms with Crippen molar-refractivity contribution >= 4 is 0 Å². The van der Waals surface area contributed by atoms with E-state index in [2.05, 4.69) is 46.6 Å². The molecule has 98 valence electrons. The summed E-state index contributed by atoms with van der Waals surface area (Å²) in [5.41, 5.74) is 0.437. The molecule has 0 saturated heterocycles. The number of unbranched alkanes of at least 4 members (excludes halogenated alkanes) is 3. The normalized spacial score (nSPS) is 12.8. The van der Waals surface area contributed by atoms with Crippen molar-refractivity contribution in [2.24, 2.45) is 11.3 Å². The molecule has 0 aromatic rings. The molecule has 16 heavy (non-hydrogen) atoms. The summed E-state index contributed by atoms with van der Waals surface area (Å²) in [5, 5.41) is 0. The molecule has 0 aliphatic carbocycles. The minimum Gasteiger partial charge on any atom is -0.306 e. The van der Waals surface area contributed by atoms with Gasteiger partial charge in [-0.25, -0.2) is 0 Å². The Hall–Kier alpha value is -0.0400. The molecule has 1 nitrogen and oxygen atoms in total. The van der Waals surface area contributed by atoms with Crippen LogP contribution in [-0.4, -0.2) is 25.0 Å². The first-order valence-electron chi connectivity index (χ1n) is 7.00. The fourth-order valence-electron chi connectivity index (χ4n) is 2.18. The van der Waals surface area contributed by atoms with Gasteiger partial charge < -0.3 is 4.90 Å². The average molecular weight is 227 g/mol. The molecular weight excluding hydrogens is 194 g/mol. The molecule has 1 heteroatoms. The van der Waals surface area contributed by atoms with Crippen LogP contribution in [0.5, 0.6) is 0 Å². The minimum atomic E-state index is 0.437. The van der Waals surface area contributed by atoms with Gasteiger partial charge in [0.15, 0.2) is 0 Å². The molecule has 0 aromatic heterocycles. The highest BCUT2D eigenvalue weighted by atomic mass is 15.1.